The number of nitrogens with zero attached hydrogens (tertiary/aromatic N) is 1. The Bertz CT molecular complexity index is 279. The highest BCUT2D eigenvalue weighted by Gasteiger charge is 2.58. The first-order valence-electron chi connectivity index (χ1n) is 6.81. The fourth-order valence-electron chi connectivity index (χ4n) is 2.64. The Morgan fingerprint density at radius 2 is 2.18 bits per heavy atom. The van der Waals surface area contributed by atoms with Crippen LogP contribution in [0.15, 0.2) is 0 Å². The van der Waals surface area contributed by atoms with E-state index < -0.39 is 0 Å². The largest absolute Gasteiger partial charge is 0.326 e. The maximum Gasteiger partial charge on any atom is 0.244 e. The molecule has 2 fully saturated rings. The highest BCUT2D eigenvalue weighted by molar-refractivity contribution is 7.98. The summed E-state index contributed by atoms with van der Waals surface area (Å²) in [7, 11) is 0. The number of carbonyl (C=O) groups is 1. The second-order valence-electron chi connectivity index (χ2n) is 5.20. The van der Waals surface area contributed by atoms with Crippen LogP contribution in [0.2, 0.25) is 0 Å². The summed E-state index contributed by atoms with van der Waals surface area (Å²) in [6.07, 6.45) is 9.24. The minimum absolute atomic E-state index is 0.125. The molecule has 1 saturated carbocycles. The van der Waals surface area contributed by atoms with E-state index in [1.807, 2.05) is 11.8 Å². The fraction of sp³-hybridized carbons (Fsp3) is 0.923. The lowest BCUT2D eigenvalue weighted by Crippen LogP contribution is -2.37. The van der Waals surface area contributed by atoms with Gasteiger partial charge in [0, 0.05) is 6.54 Å². The van der Waals surface area contributed by atoms with Gasteiger partial charge >= 0.3 is 0 Å². The van der Waals surface area contributed by atoms with Crippen molar-refractivity contribution < 1.29 is 4.79 Å². The second kappa shape index (κ2) is 5.61. The van der Waals surface area contributed by atoms with E-state index in [1.54, 1.807) is 0 Å². The number of hydrogen-bond donors (Lipinski definition) is 1. The molecule has 1 spiro atoms. The van der Waals surface area contributed by atoms with Gasteiger partial charge in [-0.2, -0.15) is 11.8 Å². The molecule has 98 valence electrons. The fourth-order valence-corrected chi connectivity index (χ4v) is 3.14. The lowest BCUT2D eigenvalue weighted by molar-refractivity contribution is -0.130. The topological polar surface area (TPSA) is 32.3 Å². The average Bonchev–Trinajstić information content (AvgIpc) is 3.06. The molecular formula is C13H24N2OS. The summed E-state index contributed by atoms with van der Waals surface area (Å²) in [6, 6.07) is 0. The highest BCUT2D eigenvalue weighted by Crippen LogP contribution is 2.42. The number of unbranched alkanes of at least 4 members (excludes halogenated alkanes) is 2. The van der Waals surface area contributed by atoms with E-state index in [2.05, 4.69) is 23.4 Å². The molecule has 1 atom stereocenters. The van der Waals surface area contributed by atoms with Crippen LogP contribution in [0.4, 0.5) is 0 Å². The summed E-state index contributed by atoms with van der Waals surface area (Å²) in [5.41, 5.74) is -0.125. The summed E-state index contributed by atoms with van der Waals surface area (Å²) in [5, 5.41) is 3.52. The molecule has 3 nitrogen and oxygen atoms in total. The van der Waals surface area contributed by atoms with Crippen molar-refractivity contribution in [3.05, 3.63) is 0 Å². The van der Waals surface area contributed by atoms with Crippen molar-refractivity contribution in [2.24, 2.45) is 0 Å². The Morgan fingerprint density at radius 1 is 1.41 bits per heavy atom. The first kappa shape index (κ1) is 13.2. The van der Waals surface area contributed by atoms with Crippen molar-refractivity contribution in [3.8, 4) is 0 Å². The monoisotopic (exact) mass is 256 g/mol. The molecule has 1 saturated heterocycles. The maximum atomic E-state index is 12.2. The highest BCUT2D eigenvalue weighted by atomic mass is 32.2. The molecule has 0 bridgehead atoms. The molecule has 1 N–H and O–H groups in total. The van der Waals surface area contributed by atoms with Gasteiger partial charge in [0.25, 0.3) is 0 Å². The number of thioether (sulfide) groups is 1. The number of carbonyl (C=O) groups excluding carboxylic acids is 1. The molecule has 2 rings (SSSR count). The Morgan fingerprint density at radius 3 is 2.76 bits per heavy atom. The minimum Gasteiger partial charge on any atom is -0.326 e. The number of hydrogen-bond acceptors (Lipinski definition) is 3. The summed E-state index contributed by atoms with van der Waals surface area (Å²) in [5.74, 6) is 1.61. The molecular weight excluding hydrogens is 232 g/mol. The second-order valence-corrected chi connectivity index (χ2v) is 6.19. The summed E-state index contributed by atoms with van der Waals surface area (Å²) >= 11 is 1.91. The Balaban J connectivity index is 1.76. The van der Waals surface area contributed by atoms with Gasteiger partial charge < -0.3 is 4.90 Å². The van der Waals surface area contributed by atoms with E-state index >= 15 is 0 Å². The van der Waals surface area contributed by atoms with Gasteiger partial charge in [0.05, 0.1) is 11.7 Å². The van der Waals surface area contributed by atoms with Crippen LogP contribution in [0.5, 0.6) is 0 Å². The zero-order chi connectivity index (χ0) is 12.3. The zero-order valence-electron chi connectivity index (χ0n) is 11.0. The molecule has 0 aromatic carbocycles. The van der Waals surface area contributed by atoms with Crippen molar-refractivity contribution in [2.75, 3.05) is 18.6 Å². The smallest absolute Gasteiger partial charge is 0.244 e. The average molecular weight is 256 g/mol. The van der Waals surface area contributed by atoms with Crippen LogP contribution in [0.1, 0.15) is 45.4 Å². The van der Waals surface area contributed by atoms with E-state index in [0.29, 0.717) is 12.1 Å². The third-order valence-corrected chi connectivity index (χ3v) is 4.57. The molecule has 0 aromatic rings. The van der Waals surface area contributed by atoms with Crippen molar-refractivity contribution in [1.29, 1.82) is 0 Å². The van der Waals surface area contributed by atoms with Gasteiger partial charge in [-0.15, -0.1) is 0 Å². The molecule has 1 unspecified atom stereocenters. The number of rotatable bonds is 7. The Kier molecular flexibility index (Phi) is 4.36. The van der Waals surface area contributed by atoms with E-state index in [0.717, 1.165) is 32.2 Å². The lowest BCUT2D eigenvalue weighted by Gasteiger charge is -2.22. The molecule has 1 aliphatic heterocycles. The van der Waals surface area contributed by atoms with Crippen molar-refractivity contribution in [2.45, 2.75) is 57.2 Å². The van der Waals surface area contributed by atoms with Crippen LogP contribution < -0.4 is 5.32 Å². The number of amides is 1. The van der Waals surface area contributed by atoms with Gasteiger partial charge in [-0.25, -0.2) is 0 Å². The summed E-state index contributed by atoms with van der Waals surface area (Å²) in [6.45, 7) is 3.10. The third kappa shape index (κ3) is 2.79. The van der Waals surface area contributed by atoms with Crippen LogP contribution in [0.3, 0.4) is 0 Å². The summed E-state index contributed by atoms with van der Waals surface area (Å²) < 4.78 is 0. The molecule has 4 heteroatoms. The first-order valence-corrected chi connectivity index (χ1v) is 8.20. The molecule has 1 aliphatic carbocycles. The van der Waals surface area contributed by atoms with Crippen molar-refractivity contribution in [1.82, 2.24) is 10.2 Å². The van der Waals surface area contributed by atoms with Gasteiger partial charge in [0.15, 0.2) is 0 Å². The Labute approximate surface area is 109 Å². The maximum absolute atomic E-state index is 12.2. The zero-order valence-corrected chi connectivity index (χ0v) is 11.8. The van der Waals surface area contributed by atoms with Gasteiger partial charge in [-0.05, 0) is 44.1 Å². The van der Waals surface area contributed by atoms with Crippen molar-refractivity contribution >= 4 is 17.7 Å². The normalized spacial score (nSPS) is 25.9. The predicted molar refractivity (Wildman–Crippen MR) is 73.1 cm³/mol. The van der Waals surface area contributed by atoms with Gasteiger partial charge in [-0.3, -0.25) is 10.1 Å². The Hall–Kier alpha value is -0.220. The van der Waals surface area contributed by atoms with E-state index in [1.165, 1.54) is 18.6 Å². The standard InChI is InChI=1S/C13H24N2OS/c1-3-11-14-13(7-8-13)12(16)15(11)9-5-4-6-10-17-2/h11,14H,3-10H2,1-2H3. The van der Waals surface area contributed by atoms with Crippen LogP contribution in [0, 0.1) is 0 Å². The molecule has 1 heterocycles. The van der Waals surface area contributed by atoms with Crippen molar-refractivity contribution in [3.63, 3.8) is 0 Å². The van der Waals surface area contributed by atoms with E-state index in [4.69, 9.17) is 0 Å². The molecule has 1 amide bonds. The predicted octanol–water partition coefficient (Wildman–Crippen LogP) is 2.22. The minimum atomic E-state index is -0.125. The van der Waals surface area contributed by atoms with Gasteiger partial charge in [0.1, 0.15) is 0 Å². The van der Waals surface area contributed by atoms with Crippen LogP contribution in [-0.4, -0.2) is 41.1 Å². The molecule has 2 aliphatic rings. The quantitative estimate of drug-likeness (QED) is 0.709. The molecule has 0 aromatic heterocycles. The number of nitrogens with one attached hydrogen (secondary N) is 1. The van der Waals surface area contributed by atoms with Gasteiger partial charge in [0.2, 0.25) is 5.91 Å². The van der Waals surface area contributed by atoms with E-state index in [9.17, 15) is 4.79 Å². The van der Waals surface area contributed by atoms with Crippen LogP contribution in [0.25, 0.3) is 0 Å². The van der Waals surface area contributed by atoms with Crippen LogP contribution >= 0.6 is 11.8 Å². The van der Waals surface area contributed by atoms with E-state index in [-0.39, 0.29) is 5.54 Å². The van der Waals surface area contributed by atoms with Gasteiger partial charge in [-0.1, -0.05) is 13.3 Å². The SMILES string of the molecule is CCC1NC2(CC2)C(=O)N1CCCCCSC. The molecule has 17 heavy (non-hydrogen) atoms. The third-order valence-electron chi connectivity index (χ3n) is 3.87. The first-order chi connectivity index (χ1) is 8.23. The van der Waals surface area contributed by atoms with Crippen LogP contribution in [-0.2, 0) is 4.79 Å². The lowest BCUT2D eigenvalue weighted by atomic mass is 10.2. The summed E-state index contributed by atoms with van der Waals surface area (Å²) in [4.78, 5) is 14.3. The molecule has 0 radical (unpaired) electrons.